The average molecular weight is 590 g/mol. The quantitative estimate of drug-likeness (QED) is 0.182. The minimum Gasteiger partial charge on any atom is -0.309 e. The van der Waals surface area contributed by atoms with Crippen molar-refractivity contribution in [1.82, 2.24) is 4.57 Å². The lowest BCUT2D eigenvalue weighted by Crippen LogP contribution is -2.00. The topological polar surface area (TPSA) is 4.93 Å². The average Bonchev–Trinajstić information content (AvgIpc) is 3.45. The van der Waals surface area contributed by atoms with E-state index in [4.69, 9.17) is 0 Å². The highest BCUT2D eigenvalue weighted by atomic mass is 32.2. The maximum atomic E-state index is 2.44. The summed E-state index contributed by atoms with van der Waals surface area (Å²) in [4.78, 5) is 1.37. The van der Waals surface area contributed by atoms with Crippen LogP contribution < -0.4 is 0 Å². The third kappa shape index (κ3) is 3.70. The number of thioether (sulfide) groups is 1. The van der Waals surface area contributed by atoms with E-state index in [1.165, 1.54) is 92.5 Å². The molecular formula is C43H27NS. The van der Waals surface area contributed by atoms with Crippen molar-refractivity contribution in [3.05, 3.63) is 157 Å². The molecule has 0 saturated carbocycles. The van der Waals surface area contributed by atoms with Crippen LogP contribution in [-0.4, -0.2) is 4.57 Å². The van der Waals surface area contributed by atoms with Crippen molar-refractivity contribution >= 4 is 65.9 Å². The standard InChI is InChI=1S/C43H27NS/c1-2-11-33-31(9-1)32-10-3-4-12-34(32)39-23-27(18-21-35(33)39)28-19-22-42-40(24-28)36-13-5-7-15-41(36)44(42)30-20-17-29-26-45-43-16-8-6-14-37(43)38(29)25-30/h1-25H,26H2. The van der Waals surface area contributed by atoms with Crippen molar-refractivity contribution in [3.8, 4) is 27.9 Å². The van der Waals surface area contributed by atoms with Crippen molar-refractivity contribution in [3.63, 3.8) is 0 Å². The molecule has 0 bridgehead atoms. The Bertz CT molecular complexity index is 2620. The van der Waals surface area contributed by atoms with Gasteiger partial charge in [-0.2, -0.15) is 0 Å². The Morgan fingerprint density at radius 1 is 0.400 bits per heavy atom. The van der Waals surface area contributed by atoms with Crippen LogP contribution >= 0.6 is 11.8 Å². The van der Waals surface area contributed by atoms with Gasteiger partial charge in [-0.1, -0.05) is 109 Å². The maximum Gasteiger partial charge on any atom is 0.0541 e. The Morgan fingerprint density at radius 2 is 0.978 bits per heavy atom. The van der Waals surface area contributed by atoms with Crippen LogP contribution in [0.1, 0.15) is 5.56 Å². The van der Waals surface area contributed by atoms with E-state index in [2.05, 4.69) is 156 Å². The summed E-state index contributed by atoms with van der Waals surface area (Å²) in [5.74, 6) is 1.01. The summed E-state index contributed by atoms with van der Waals surface area (Å²) in [5.41, 5.74) is 10.2. The molecule has 0 saturated heterocycles. The molecule has 8 aromatic carbocycles. The number of fused-ring (bicyclic) bond motifs is 12. The molecule has 10 rings (SSSR count). The number of aromatic nitrogens is 1. The van der Waals surface area contributed by atoms with E-state index in [1.807, 2.05) is 11.8 Å². The molecule has 1 aliphatic heterocycles. The molecule has 210 valence electrons. The van der Waals surface area contributed by atoms with Crippen molar-refractivity contribution in [2.24, 2.45) is 0 Å². The van der Waals surface area contributed by atoms with Gasteiger partial charge in [0, 0.05) is 27.1 Å². The molecule has 45 heavy (non-hydrogen) atoms. The second-order valence-electron chi connectivity index (χ2n) is 12.1. The van der Waals surface area contributed by atoms with Crippen LogP contribution in [0.5, 0.6) is 0 Å². The first kappa shape index (κ1) is 25.1. The molecular weight excluding hydrogens is 563 g/mol. The zero-order valence-corrected chi connectivity index (χ0v) is 25.3. The molecule has 1 aliphatic rings. The highest BCUT2D eigenvalue weighted by Gasteiger charge is 2.19. The van der Waals surface area contributed by atoms with Gasteiger partial charge in [0.1, 0.15) is 0 Å². The van der Waals surface area contributed by atoms with Crippen LogP contribution in [0.25, 0.3) is 82.1 Å². The van der Waals surface area contributed by atoms with Crippen LogP contribution in [0, 0.1) is 0 Å². The fourth-order valence-electron chi connectivity index (χ4n) is 7.57. The summed E-state index contributed by atoms with van der Waals surface area (Å²) in [5, 5.41) is 10.4. The van der Waals surface area contributed by atoms with Gasteiger partial charge in [0.15, 0.2) is 0 Å². The molecule has 2 heterocycles. The lowest BCUT2D eigenvalue weighted by molar-refractivity contribution is 1.17. The molecule has 0 fully saturated rings. The first-order valence-electron chi connectivity index (χ1n) is 15.5. The normalized spacial score (nSPS) is 12.7. The van der Waals surface area contributed by atoms with E-state index >= 15 is 0 Å². The summed E-state index contributed by atoms with van der Waals surface area (Å²) >= 11 is 1.93. The van der Waals surface area contributed by atoms with Crippen LogP contribution in [0.3, 0.4) is 0 Å². The van der Waals surface area contributed by atoms with E-state index in [0.717, 1.165) is 5.75 Å². The van der Waals surface area contributed by atoms with Crippen LogP contribution in [0.2, 0.25) is 0 Å². The third-order valence-electron chi connectivity index (χ3n) is 9.66. The van der Waals surface area contributed by atoms with Crippen molar-refractivity contribution < 1.29 is 0 Å². The van der Waals surface area contributed by atoms with E-state index in [9.17, 15) is 0 Å². The number of hydrogen-bond acceptors (Lipinski definition) is 1. The number of hydrogen-bond donors (Lipinski definition) is 0. The van der Waals surface area contributed by atoms with Gasteiger partial charge in [-0.15, -0.1) is 11.8 Å². The largest absolute Gasteiger partial charge is 0.309 e. The zero-order valence-electron chi connectivity index (χ0n) is 24.5. The Balaban J connectivity index is 1.18. The highest BCUT2D eigenvalue weighted by Crippen LogP contribution is 2.44. The van der Waals surface area contributed by atoms with Gasteiger partial charge in [-0.3, -0.25) is 0 Å². The number of rotatable bonds is 2. The summed E-state index contributed by atoms with van der Waals surface area (Å²) < 4.78 is 2.44. The summed E-state index contributed by atoms with van der Waals surface area (Å²) in [6, 6.07) is 56.3. The maximum absolute atomic E-state index is 2.44. The molecule has 0 unspecified atom stereocenters. The lowest BCUT2D eigenvalue weighted by Gasteiger charge is -2.20. The fraction of sp³-hybridized carbons (Fsp3) is 0.0233. The molecule has 9 aromatic rings. The van der Waals surface area contributed by atoms with Crippen LogP contribution in [0.15, 0.2) is 157 Å². The second kappa shape index (κ2) is 9.59. The van der Waals surface area contributed by atoms with Crippen molar-refractivity contribution in [1.29, 1.82) is 0 Å². The van der Waals surface area contributed by atoms with E-state index in [1.54, 1.807) is 0 Å². The first-order valence-corrected chi connectivity index (χ1v) is 16.5. The van der Waals surface area contributed by atoms with Gasteiger partial charge >= 0.3 is 0 Å². The molecule has 0 spiro atoms. The molecule has 0 aliphatic carbocycles. The highest BCUT2D eigenvalue weighted by molar-refractivity contribution is 7.98. The minimum atomic E-state index is 1.01. The van der Waals surface area contributed by atoms with Crippen LogP contribution in [0.4, 0.5) is 0 Å². The molecule has 1 aromatic heterocycles. The molecule has 0 amide bonds. The molecule has 0 N–H and O–H groups in total. The minimum absolute atomic E-state index is 1.01. The zero-order chi connectivity index (χ0) is 29.5. The van der Waals surface area contributed by atoms with Gasteiger partial charge in [0.25, 0.3) is 0 Å². The Hall–Kier alpha value is -5.31. The predicted octanol–water partition coefficient (Wildman–Crippen LogP) is 12.2. The molecule has 0 radical (unpaired) electrons. The Morgan fingerprint density at radius 3 is 1.76 bits per heavy atom. The van der Waals surface area contributed by atoms with Gasteiger partial charge in [0.2, 0.25) is 0 Å². The van der Waals surface area contributed by atoms with E-state index in [-0.39, 0.29) is 0 Å². The third-order valence-corrected chi connectivity index (χ3v) is 10.8. The van der Waals surface area contributed by atoms with Gasteiger partial charge in [0.05, 0.1) is 11.0 Å². The fourth-order valence-corrected chi connectivity index (χ4v) is 8.64. The summed E-state index contributed by atoms with van der Waals surface area (Å²) in [6.07, 6.45) is 0. The molecule has 0 atom stereocenters. The van der Waals surface area contributed by atoms with Crippen LogP contribution in [-0.2, 0) is 5.75 Å². The number of para-hydroxylation sites is 1. The Kier molecular flexibility index (Phi) is 5.34. The van der Waals surface area contributed by atoms with Crippen molar-refractivity contribution in [2.45, 2.75) is 10.6 Å². The van der Waals surface area contributed by atoms with Gasteiger partial charge in [-0.05, 0) is 103 Å². The lowest BCUT2D eigenvalue weighted by atomic mass is 9.92. The van der Waals surface area contributed by atoms with Gasteiger partial charge < -0.3 is 4.57 Å². The number of nitrogens with zero attached hydrogens (tertiary/aromatic N) is 1. The predicted molar refractivity (Wildman–Crippen MR) is 194 cm³/mol. The van der Waals surface area contributed by atoms with E-state index < -0.39 is 0 Å². The second-order valence-corrected chi connectivity index (χ2v) is 13.1. The van der Waals surface area contributed by atoms with E-state index in [0.29, 0.717) is 0 Å². The summed E-state index contributed by atoms with van der Waals surface area (Å²) in [6.45, 7) is 0. The smallest absolute Gasteiger partial charge is 0.0541 e. The monoisotopic (exact) mass is 589 g/mol. The first-order chi connectivity index (χ1) is 22.3. The van der Waals surface area contributed by atoms with Crippen molar-refractivity contribution in [2.75, 3.05) is 0 Å². The molecule has 2 heteroatoms. The molecule has 1 nitrogen and oxygen atoms in total. The SMILES string of the molecule is c1ccc2c(c1)SCc1ccc(-n3c4ccccc4c4cc(-c5ccc6c7ccccc7c7ccccc7c6c5)ccc43)cc1-2. The number of benzene rings is 8. The Labute approximate surface area is 265 Å². The summed E-state index contributed by atoms with van der Waals surface area (Å²) in [7, 11) is 0. The van der Waals surface area contributed by atoms with Gasteiger partial charge in [-0.25, -0.2) is 0 Å².